The molecule has 1 aromatic rings. The summed E-state index contributed by atoms with van der Waals surface area (Å²) in [6, 6.07) is 8.27. The average Bonchev–Trinajstić information content (AvgIpc) is 2.65. The minimum absolute atomic E-state index is 0.0684. The molecule has 0 spiro atoms. The van der Waals surface area contributed by atoms with Crippen molar-refractivity contribution < 1.29 is 9.47 Å². The molecule has 1 aliphatic carbocycles. The Morgan fingerprint density at radius 2 is 2.00 bits per heavy atom. The summed E-state index contributed by atoms with van der Waals surface area (Å²) < 4.78 is 10.7. The fraction of sp³-hybridized carbons (Fsp3) is 0.682. The third kappa shape index (κ3) is 6.13. The highest BCUT2D eigenvalue weighted by Crippen LogP contribution is 2.43. The Kier molecular flexibility index (Phi) is 7.96. The van der Waals surface area contributed by atoms with Crippen LogP contribution in [-0.4, -0.2) is 46.4 Å². The molecule has 152 valence electrons. The second kappa shape index (κ2) is 9.98. The van der Waals surface area contributed by atoms with Gasteiger partial charge in [0.05, 0.1) is 13.7 Å². The first-order valence-corrected chi connectivity index (χ1v) is 10.1. The molecule has 0 saturated heterocycles. The van der Waals surface area contributed by atoms with E-state index in [0.717, 1.165) is 37.8 Å². The Hall–Kier alpha value is -1.75. The molecule has 0 aromatic heterocycles. The van der Waals surface area contributed by atoms with E-state index in [4.69, 9.17) is 14.5 Å². The Morgan fingerprint density at radius 1 is 1.22 bits per heavy atom. The number of guanidine groups is 1. The molecule has 1 saturated carbocycles. The Bertz CT molecular complexity index is 609. The summed E-state index contributed by atoms with van der Waals surface area (Å²) >= 11 is 0. The lowest BCUT2D eigenvalue weighted by Crippen LogP contribution is -2.47. The molecule has 5 nitrogen and oxygen atoms in total. The molecule has 1 aliphatic rings. The fourth-order valence-corrected chi connectivity index (χ4v) is 3.54. The van der Waals surface area contributed by atoms with E-state index in [1.165, 1.54) is 24.8 Å². The Balaban J connectivity index is 2.01. The van der Waals surface area contributed by atoms with Crippen LogP contribution in [-0.2, 0) is 10.2 Å². The highest BCUT2D eigenvalue weighted by Gasteiger charge is 2.36. The molecule has 0 radical (unpaired) electrons. The number of hydrogen-bond donors (Lipinski definition) is 2. The molecular weight excluding hydrogens is 338 g/mol. The van der Waals surface area contributed by atoms with Crippen molar-refractivity contribution in [2.24, 2.45) is 10.4 Å². The van der Waals surface area contributed by atoms with Gasteiger partial charge < -0.3 is 20.1 Å². The van der Waals surface area contributed by atoms with E-state index in [1.54, 1.807) is 14.2 Å². The van der Waals surface area contributed by atoms with Crippen LogP contribution in [0.4, 0.5) is 0 Å². The summed E-state index contributed by atoms with van der Waals surface area (Å²) in [6.45, 7) is 9.91. The van der Waals surface area contributed by atoms with Crippen molar-refractivity contribution in [1.82, 2.24) is 10.6 Å². The Labute approximate surface area is 164 Å². The van der Waals surface area contributed by atoms with Crippen molar-refractivity contribution in [3.8, 4) is 5.75 Å². The summed E-state index contributed by atoms with van der Waals surface area (Å²) in [5.41, 5.74) is 1.53. The standard InChI is InChI=1S/C22H37N3O2/c1-6-23-20(25-17-22(11-8-12-22)13-14-26-4)24-16-21(2,3)18-9-7-10-19(15-18)27-5/h7,9-10,15H,6,8,11-14,16-17H2,1-5H3,(H2,23,24,25). The monoisotopic (exact) mass is 375 g/mol. The number of methoxy groups -OCH3 is 2. The smallest absolute Gasteiger partial charge is 0.191 e. The number of nitrogens with zero attached hydrogens (tertiary/aromatic N) is 1. The maximum absolute atomic E-state index is 5.37. The van der Waals surface area contributed by atoms with Crippen molar-refractivity contribution in [3.05, 3.63) is 29.8 Å². The molecule has 0 bridgehead atoms. The minimum atomic E-state index is -0.0684. The van der Waals surface area contributed by atoms with Gasteiger partial charge in [-0.2, -0.15) is 0 Å². The minimum Gasteiger partial charge on any atom is -0.497 e. The van der Waals surface area contributed by atoms with Crippen LogP contribution in [0.5, 0.6) is 5.75 Å². The number of hydrogen-bond acceptors (Lipinski definition) is 3. The van der Waals surface area contributed by atoms with Crippen molar-refractivity contribution in [3.63, 3.8) is 0 Å². The molecule has 0 heterocycles. The zero-order valence-corrected chi connectivity index (χ0v) is 17.7. The average molecular weight is 376 g/mol. The van der Waals surface area contributed by atoms with E-state index >= 15 is 0 Å². The summed E-state index contributed by atoms with van der Waals surface area (Å²) in [5.74, 6) is 1.79. The van der Waals surface area contributed by atoms with E-state index in [9.17, 15) is 0 Å². The Morgan fingerprint density at radius 3 is 2.59 bits per heavy atom. The lowest BCUT2D eigenvalue weighted by atomic mass is 9.67. The van der Waals surface area contributed by atoms with Crippen LogP contribution >= 0.6 is 0 Å². The molecule has 1 fully saturated rings. The predicted molar refractivity (Wildman–Crippen MR) is 113 cm³/mol. The molecule has 1 aromatic carbocycles. The van der Waals surface area contributed by atoms with Gasteiger partial charge in [-0.3, -0.25) is 4.99 Å². The summed E-state index contributed by atoms with van der Waals surface area (Å²) in [4.78, 5) is 4.88. The second-order valence-electron chi connectivity index (χ2n) is 8.26. The first kappa shape index (κ1) is 21.5. The normalized spacial score (nSPS) is 16.6. The van der Waals surface area contributed by atoms with Gasteiger partial charge in [0.2, 0.25) is 0 Å². The van der Waals surface area contributed by atoms with E-state index < -0.39 is 0 Å². The molecule has 0 aliphatic heterocycles. The molecule has 5 heteroatoms. The van der Waals surface area contributed by atoms with E-state index in [1.807, 2.05) is 12.1 Å². The largest absolute Gasteiger partial charge is 0.497 e. The van der Waals surface area contributed by atoms with Gasteiger partial charge in [-0.05, 0) is 49.3 Å². The zero-order chi connectivity index (χ0) is 19.8. The van der Waals surface area contributed by atoms with Gasteiger partial charge in [0, 0.05) is 32.2 Å². The van der Waals surface area contributed by atoms with Gasteiger partial charge >= 0.3 is 0 Å². The van der Waals surface area contributed by atoms with Crippen LogP contribution in [0, 0.1) is 5.41 Å². The van der Waals surface area contributed by atoms with Crippen molar-refractivity contribution in [2.45, 2.75) is 51.9 Å². The topological polar surface area (TPSA) is 54.9 Å². The van der Waals surface area contributed by atoms with Gasteiger partial charge in [0.1, 0.15) is 5.75 Å². The number of ether oxygens (including phenoxy) is 2. The van der Waals surface area contributed by atoms with E-state index in [0.29, 0.717) is 12.0 Å². The predicted octanol–water partition coefficient (Wildman–Crippen LogP) is 3.73. The van der Waals surface area contributed by atoms with Crippen molar-refractivity contribution >= 4 is 5.96 Å². The quantitative estimate of drug-likeness (QED) is 0.483. The molecule has 0 amide bonds. The maximum atomic E-state index is 5.37. The number of benzene rings is 1. The number of aliphatic imine (C=N–C) groups is 1. The van der Waals surface area contributed by atoms with Crippen LogP contribution in [0.25, 0.3) is 0 Å². The lowest BCUT2D eigenvalue weighted by Gasteiger charge is -2.42. The van der Waals surface area contributed by atoms with Crippen LogP contribution in [0.2, 0.25) is 0 Å². The van der Waals surface area contributed by atoms with Gasteiger partial charge in [-0.1, -0.05) is 32.4 Å². The fourth-order valence-electron chi connectivity index (χ4n) is 3.54. The SMILES string of the molecule is CCNC(=NCC(C)(C)c1cccc(OC)c1)NCC1(CCOC)CCC1. The van der Waals surface area contributed by atoms with Gasteiger partial charge in [-0.15, -0.1) is 0 Å². The summed E-state index contributed by atoms with van der Waals surface area (Å²) in [6.07, 6.45) is 4.99. The van der Waals surface area contributed by atoms with E-state index in [2.05, 4.69) is 43.5 Å². The zero-order valence-electron chi connectivity index (χ0n) is 17.7. The summed E-state index contributed by atoms with van der Waals surface area (Å²) in [5, 5.41) is 6.97. The highest BCUT2D eigenvalue weighted by molar-refractivity contribution is 5.79. The molecule has 2 rings (SSSR count). The van der Waals surface area contributed by atoms with Crippen LogP contribution in [0.1, 0.15) is 52.0 Å². The van der Waals surface area contributed by atoms with Crippen LogP contribution in [0.3, 0.4) is 0 Å². The van der Waals surface area contributed by atoms with Gasteiger partial charge in [-0.25, -0.2) is 0 Å². The van der Waals surface area contributed by atoms with Crippen molar-refractivity contribution in [2.75, 3.05) is 40.5 Å². The first-order valence-electron chi connectivity index (χ1n) is 10.1. The lowest BCUT2D eigenvalue weighted by molar-refractivity contribution is 0.0732. The third-order valence-electron chi connectivity index (χ3n) is 5.71. The third-order valence-corrected chi connectivity index (χ3v) is 5.71. The van der Waals surface area contributed by atoms with Crippen LogP contribution in [0.15, 0.2) is 29.3 Å². The van der Waals surface area contributed by atoms with Crippen molar-refractivity contribution in [1.29, 1.82) is 0 Å². The van der Waals surface area contributed by atoms with Crippen LogP contribution < -0.4 is 15.4 Å². The summed E-state index contributed by atoms with van der Waals surface area (Å²) in [7, 11) is 3.49. The molecule has 0 unspecified atom stereocenters. The number of rotatable bonds is 10. The second-order valence-corrected chi connectivity index (χ2v) is 8.26. The molecule has 2 N–H and O–H groups in total. The van der Waals surface area contributed by atoms with E-state index in [-0.39, 0.29) is 5.41 Å². The molecular formula is C22H37N3O2. The van der Waals surface area contributed by atoms with Gasteiger partial charge in [0.25, 0.3) is 0 Å². The molecule has 27 heavy (non-hydrogen) atoms. The first-order chi connectivity index (χ1) is 12.9. The maximum Gasteiger partial charge on any atom is 0.191 e. The van der Waals surface area contributed by atoms with Gasteiger partial charge in [0.15, 0.2) is 5.96 Å². The number of nitrogens with one attached hydrogen (secondary N) is 2. The molecule has 0 atom stereocenters. The highest BCUT2D eigenvalue weighted by atomic mass is 16.5.